The number of hydrogen-bond donors (Lipinski definition) is 2. The van der Waals surface area contributed by atoms with E-state index in [0.717, 1.165) is 32.4 Å². The smallest absolute Gasteiger partial charge is 0.115 e. The summed E-state index contributed by atoms with van der Waals surface area (Å²) in [4.78, 5) is 0. The zero-order valence-electron chi connectivity index (χ0n) is 19.1. The number of aromatic hydroxyl groups is 1. The van der Waals surface area contributed by atoms with E-state index in [1.807, 2.05) is 12.1 Å². The number of hydrogen-bond acceptors (Lipinski definition) is 2. The van der Waals surface area contributed by atoms with Gasteiger partial charge in [0.1, 0.15) is 5.75 Å². The number of phenols is 1. The third kappa shape index (κ3) is 4.85. The molecular formula is C29H35NO. The molecule has 1 aliphatic rings. The van der Waals surface area contributed by atoms with E-state index < -0.39 is 0 Å². The standard InChI is InChI=1S/C29H35NO/c1-4-30-18-17-21-5-7-24(8-6-21)29-27(23-11-9-22(10-12-23)20(2)3)15-13-25-19-26(31)14-16-28(25)29/h5-12,14,16,19-20,27,29-31H,4,13,15,17-18H2,1-3H3/t27-,29+/m1/s1. The van der Waals surface area contributed by atoms with Gasteiger partial charge in [-0.05, 0) is 89.7 Å². The highest BCUT2D eigenvalue weighted by Crippen LogP contribution is 2.47. The van der Waals surface area contributed by atoms with Gasteiger partial charge in [0.05, 0.1) is 0 Å². The Kier molecular flexibility index (Phi) is 6.77. The molecule has 162 valence electrons. The zero-order chi connectivity index (χ0) is 21.8. The van der Waals surface area contributed by atoms with Gasteiger partial charge >= 0.3 is 0 Å². The minimum absolute atomic E-state index is 0.317. The molecule has 31 heavy (non-hydrogen) atoms. The van der Waals surface area contributed by atoms with Crippen molar-refractivity contribution in [3.8, 4) is 5.75 Å². The Bertz CT molecular complexity index is 988. The maximum atomic E-state index is 10.0. The minimum atomic E-state index is 0.317. The molecular weight excluding hydrogens is 378 g/mol. The van der Waals surface area contributed by atoms with E-state index in [0.29, 0.717) is 23.5 Å². The van der Waals surface area contributed by atoms with Crippen LogP contribution in [0.5, 0.6) is 5.75 Å². The van der Waals surface area contributed by atoms with Crippen LogP contribution in [0.15, 0.2) is 66.7 Å². The summed E-state index contributed by atoms with van der Waals surface area (Å²) in [6, 6.07) is 24.5. The molecule has 4 rings (SSSR count). The van der Waals surface area contributed by atoms with Crippen molar-refractivity contribution in [3.63, 3.8) is 0 Å². The first kappa shape index (κ1) is 21.6. The van der Waals surface area contributed by atoms with Crippen molar-refractivity contribution < 1.29 is 5.11 Å². The second kappa shape index (κ2) is 9.70. The fourth-order valence-corrected chi connectivity index (χ4v) is 5.01. The van der Waals surface area contributed by atoms with Gasteiger partial charge in [-0.25, -0.2) is 0 Å². The number of likely N-dealkylation sites (N-methyl/N-ethyl adjacent to an activating group) is 1. The van der Waals surface area contributed by atoms with Crippen molar-refractivity contribution in [3.05, 3.63) is 100 Å². The van der Waals surface area contributed by atoms with Gasteiger partial charge in [-0.1, -0.05) is 75.4 Å². The van der Waals surface area contributed by atoms with Crippen molar-refractivity contribution in [1.82, 2.24) is 5.32 Å². The van der Waals surface area contributed by atoms with E-state index >= 15 is 0 Å². The van der Waals surface area contributed by atoms with Crippen LogP contribution in [0.3, 0.4) is 0 Å². The number of phenolic OH excluding ortho intramolecular Hbond substituents is 1. The van der Waals surface area contributed by atoms with Crippen molar-refractivity contribution >= 4 is 0 Å². The topological polar surface area (TPSA) is 32.3 Å². The molecule has 0 spiro atoms. The molecule has 0 unspecified atom stereocenters. The first-order valence-electron chi connectivity index (χ1n) is 11.8. The molecule has 0 saturated heterocycles. The van der Waals surface area contributed by atoms with Crippen LogP contribution in [0.4, 0.5) is 0 Å². The summed E-state index contributed by atoms with van der Waals surface area (Å²) in [5.41, 5.74) is 8.22. The maximum Gasteiger partial charge on any atom is 0.115 e. The van der Waals surface area contributed by atoms with Gasteiger partial charge < -0.3 is 10.4 Å². The van der Waals surface area contributed by atoms with Crippen LogP contribution in [0.2, 0.25) is 0 Å². The highest BCUT2D eigenvalue weighted by molar-refractivity contribution is 5.48. The van der Waals surface area contributed by atoms with Crippen LogP contribution in [0.25, 0.3) is 0 Å². The van der Waals surface area contributed by atoms with Gasteiger partial charge in [-0.3, -0.25) is 0 Å². The Morgan fingerprint density at radius 2 is 1.65 bits per heavy atom. The lowest BCUT2D eigenvalue weighted by Gasteiger charge is -2.35. The summed E-state index contributed by atoms with van der Waals surface area (Å²) >= 11 is 0. The number of rotatable bonds is 7. The molecule has 0 radical (unpaired) electrons. The Morgan fingerprint density at radius 1 is 0.935 bits per heavy atom. The van der Waals surface area contributed by atoms with E-state index in [2.05, 4.69) is 80.7 Å². The Balaban J connectivity index is 1.69. The number of nitrogens with one attached hydrogen (secondary N) is 1. The Morgan fingerprint density at radius 3 is 2.32 bits per heavy atom. The van der Waals surface area contributed by atoms with Crippen LogP contribution in [-0.2, 0) is 12.8 Å². The predicted molar refractivity (Wildman–Crippen MR) is 130 cm³/mol. The molecule has 2 N–H and O–H groups in total. The zero-order valence-corrected chi connectivity index (χ0v) is 19.1. The quantitative estimate of drug-likeness (QED) is 0.432. The third-order valence-electron chi connectivity index (χ3n) is 6.80. The lowest BCUT2D eigenvalue weighted by molar-refractivity contribution is 0.469. The normalized spacial score (nSPS) is 18.2. The van der Waals surface area contributed by atoms with Gasteiger partial charge in [-0.2, -0.15) is 0 Å². The van der Waals surface area contributed by atoms with E-state index in [1.54, 1.807) is 0 Å². The van der Waals surface area contributed by atoms with Gasteiger partial charge in [-0.15, -0.1) is 0 Å². The molecule has 3 aromatic rings. The van der Waals surface area contributed by atoms with Crippen LogP contribution in [-0.4, -0.2) is 18.2 Å². The molecule has 1 aliphatic carbocycles. The molecule has 0 amide bonds. The molecule has 0 fully saturated rings. The van der Waals surface area contributed by atoms with Crippen LogP contribution in [0.1, 0.15) is 78.3 Å². The molecule has 0 bridgehead atoms. The van der Waals surface area contributed by atoms with Crippen LogP contribution in [0, 0.1) is 0 Å². The van der Waals surface area contributed by atoms with E-state index in [9.17, 15) is 5.11 Å². The molecule has 2 nitrogen and oxygen atoms in total. The van der Waals surface area contributed by atoms with Crippen molar-refractivity contribution in [2.45, 2.75) is 57.8 Å². The van der Waals surface area contributed by atoms with Crippen molar-refractivity contribution in [1.29, 1.82) is 0 Å². The molecule has 2 heteroatoms. The van der Waals surface area contributed by atoms with Gasteiger partial charge in [0.25, 0.3) is 0 Å². The fourth-order valence-electron chi connectivity index (χ4n) is 5.01. The summed E-state index contributed by atoms with van der Waals surface area (Å²) in [6.45, 7) is 8.68. The Hall–Kier alpha value is -2.58. The summed E-state index contributed by atoms with van der Waals surface area (Å²) < 4.78 is 0. The van der Waals surface area contributed by atoms with Crippen molar-refractivity contribution in [2.75, 3.05) is 13.1 Å². The fraction of sp³-hybridized carbons (Fsp3) is 0.379. The van der Waals surface area contributed by atoms with Gasteiger partial charge in [0, 0.05) is 5.92 Å². The van der Waals surface area contributed by atoms with E-state index in [4.69, 9.17) is 0 Å². The summed E-state index contributed by atoms with van der Waals surface area (Å²) in [5.74, 6) is 1.69. The number of fused-ring (bicyclic) bond motifs is 1. The molecule has 0 heterocycles. The lowest BCUT2D eigenvalue weighted by Crippen LogP contribution is -2.20. The molecule has 3 aromatic carbocycles. The summed E-state index contributed by atoms with van der Waals surface area (Å²) in [7, 11) is 0. The molecule has 2 atom stereocenters. The largest absolute Gasteiger partial charge is 0.508 e. The average Bonchev–Trinajstić information content (AvgIpc) is 2.79. The van der Waals surface area contributed by atoms with Crippen LogP contribution < -0.4 is 5.32 Å². The minimum Gasteiger partial charge on any atom is -0.508 e. The number of aryl methyl sites for hydroxylation is 1. The average molecular weight is 414 g/mol. The monoisotopic (exact) mass is 413 g/mol. The van der Waals surface area contributed by atoms with Crippen LogP contribution >= 0.6 is 0 Å². The molecule has 0 aliphatic heterocycles. The lowest BCUT2D eigenvalue weighted by atomic mass is 9.69. The van der Waals surface area contributed by atoms with E-state index in [-0.39, 0.29) is 0 Å². The highest BCUT2D eigenvalue weighted by atomic mass is 16.3. The van der Waals surface area contributed by atoms with Gasteiger partial charge in [0.15, 0.2) is 0 Å². The third-order valence-corrected chi connectivity index (χ3v) is 6.80. The second-order valence-electron chi connectivity index (χ2n) is 9.17. The number of benzene rings is 3. The second-order valence-corrected chi connectivity index (χ2v) is 9.17. The first-order chi connectivity index (χ1) is 15.1. The Labute approximate surface area is 187 Å². The summed E-state index contributed by atoms with van der Waals surface area (Å²) in [5, 5.41) is 13.5. The van der Waals surface area contributed by atoms with Gasteiger partial charge in [0.2, 0.25) is 0 Å². The maximum absolute atomic E-state index is 10.0. The summed E-state index contributed by atoms with van der Waals surface area (Å²) in [6.07, 6.45) is 3.17. The predicted octanol–water partition coefficient (Wildman–Crippen LogP) is 6.53. The highest BCUT2D eigenvalue weighted by Gasteiger charge is 2.32. The first-order valence-corrected chi connectivity index (χ1v) is 11.8. The molecule has 0 saturated carbocycles. The molecule has 0 aromatic heterocycles. The van der Waals surface area contributed by atoms with E-state index in [1.165, 1.54) is 33.4 Å². The SMILES string of the molecule is CCNCCc1ccc([C@@H]2c3ccc(O)cc3CC[C@@H]2c2ccc(C(C)C)cc2)cc1. The van der Waals surface area contributed by atoms with Crippen molar-refractivity contribution in [2.24, 2.45) is 0 Å².